The number of fused-ring (bicyclic) bond motifs is 2. The highest BCUT2D eigenvalue weighted by Crippen LogP contribution is 2.35. The normalized spacial score (nSPS) is 20.3. The van der Waals surface area contributed by atoms with Crippen molar-refractivity contribution in [3.8, 4) is 17.6 Å². The lowest BCUT2D eigenvalue weighted by Gasteiger charge is -2.33. The van der Waals surface area contributed by atoms with Gasteiger partial charge in [-0.25, -0.2) is 26.3 Å². The zero-order valence-corrected chi connectivity index (χ0v) is 26.6. The maximum absolute atomic E-state index is 14.8. The zero-order chi connectivity index (χ0) is 31.2. The first-order chi connectivity index (χ1) is 20.1. The van der Waals surface area contributed by atoms with Crippen LogP contribution in [-0.4, -0.2) is 91.3 Å². The Kier molecular flexibility index (Phi) is 8.80. The van der Waals surface area contributed by atoms with Crippen LogP contribution >= 0.6 is 9.24 Å². The molecule has 8 nitrogen and oxygen atoms in total. The van der Waals surface area contributed by atoms with Crippen LogP contribution in [0.5, 0.6) is 5.75 Å². The maximum atomic E-state index is 14.8. The molecule has 1 saturated heterocycles. The molecule has 5 rings (SSSR count). The Hall–Kier alpha value is -2.78. The van der Waals surface area contributed by atoms with Gasteiger partial charge in [-0.05, 0) is 49.2 Å². The molecule has 226 valence electrons. The summed E-state index contributed by atoms with van der Waals surface area (Å²) in [6.45, 7) is 0.808. The number of rotatable bonds is 8. The van der Waals surface area contributed by atoms with Gasteiger partial charge in [0, 0.05) is 42.1 Å². The summed E-state index contributed by atoms with van der Waals surface area (Å²) < 4.78 is 78.1. The molecule has 0 radical (unpaired) electrons. The van der Waals surface area contributed by atoms with Gasteiger partial charge >= 0.3 is 0 Å². The minimum absolute atomic E-state index is 0.141. The highest BCUT2D eigenvalue weighted by atomic mass is 32.2. The summed E-state index contributed by atoms with van der Waals surface area (Å²) in [5.74, 6) is 6.41. The fraction of sp³-hybridized carbons (Fsp3) is 0.407. The molecule has 3 atom stereocenters. The second kappa shape index (κ2) is 12.0. The monoisotopic (exact) mass is 629 g/mol. The number of ether oxygens (including phenoxy) is 1. The Balaban J connectivity index is 1.43. The van der Waals surface area contributed by atoms with E-state index < -0.39 is 33.7 Å². The Morgan fingerprint density at radius 3 is 2.67 bits per heavy atom. The molecule has 0 amide bonds. The van der Waals surface area contributed by atoms with Crippen molar-refractivity contribution in [1.82, 2.24) is 14.2 Å². The number of aromatic nitrogens is 1. The number of nitrogens with zero attached hydrogens (tertiary/aromatic N) is 2. The van der Waals surface area contributed by atoms with Gasteiger partial charge in [-0.2, -0.15) is 0 Å². The van der Waals surface area contributed by atoms with Crippen LogP contribution in [0.4, 0.5) is 24.5 Å². The van der Waals surface area contributed by atoms with Gasteiger partial charge in [0.1, 0.15) is 35.5 Å². The largest absolute Gasteiger partial charge is 0.511 e. The lowest BCUT2D eigenvalue weighted by molar-refractivity contribution is 0.0851. The Bertz CT molecular complexity index is 1700. The number of likely N-dealkylation sites (tertiary alicyclic amines) is 1. The van der Waals surface area contributed by atoms with Crippen molar-refractivity contribution in [3.63, 3.8) is 0 Å². The smallest absolute Gasteiger partial charge is 0.276 e. The predicted octanol–water partition coefficient (Wildman–Crippen LogP) is 0.708. The van der Waals surface area contributed by atoms with Crippen molar-refractivity contribution in [2.24, 2.45) is 0 Å². The molecule has 2 aliphatic heterocycles. The van der Waals surface area contributed by atoms with Gasteiger partial charge < -0.3 is 24.8 Å². The van der Waals surface area contributed by atoms with E-state index in [0.29, 0.717) is 52.3 Å². The zero-order valence-electron chi connectivity index (χ0n) is 24.6. The number of sulfonamides is 1. The summed E-state index contributed by atoms with van der Waals surface area (Å²) in [5.41, 5.74) is -0.249. The van der Waals surface area contributed by atoms with E-state index in [-0.39, 0.29) is 24.0 Å². The van der Waals surface area contributed by atoms with Crippen LogP contribution in [0.1, 0.15) is 17.7 Å². The second-order valence-corrected chi connectivity index (χ2v) is 14.7. The van der Waals surface area contributed by atoms with Gasteiger partial charge in [-0.15, -0.1) is 0 Å². The van der Waals surface area contributed by atoms with Gasteiger partial charge in [-0.3, -0.25) is 0 Å². The Morgan fingerprint density at radius 2 is 1.98 bits per heavy atom. The second-order valence-electron chi connectivity index (χ2n) is 12.1. The summed E-state index contributed by atoms with van der Waals surface area (Å²) in [4.78, 5) is 2.12. The minimum Gasteiger partial charge on any atom is -0.511 e. The highest BCUT2D eigenvalue weighted by Gasteiger charge is 2.30. The minimum atomic E-state index is -3.59. The van der Waals surface area contributed by atoms with Crippen molar-refractivity contribution < 1.29 is 26.3 Å². The average molecular weight is 629 g/mol. The van der Waals surface area contributed by atoms with Crippen molar-refractivity contribution in [2.45, 2.75) is 47.6 Å². The van der Waals surface area contributed by atoms with Crippen molar-refractivity contribution in [1.29, 1.82) is 0 Å². The lowest BCUT2D eigenvalue weighted by atomic mass is 9.52. The van der Waals surface area contributed by atoms with E-state index in [0.717, 1.165) is 6.54 Å². The molecular formula is C27H34B3F3N5O3PS. The van der Waals surface area contributed by atoms with Crippen LogP contribution in [0, 0.1) is 11.8 Å². The molecule has 43 heavy (non-hydrogen) atoms. The number of halogens is 3. The third-order valence-electron chi connectivity index (χ3n) is 7.30. The van der Waals surface area contributed by atoms with Crippen molar-refractivity contribution in [3.05, 3.63) is 47.7 Å². The van der Waals surface area contributed by atoms with Crippen LogP contribution in [0.2, 0.25) is 0 Å². The SMILES string of the molecule is BC(B)(B)Oc1cc2c(cc1NCC#Cc1cc3c(N[C@@H]4CCN(C)C[C@@H]4F)cccc3n1CC(F)(F)P)CNS2(=O)=O. The van der Waals surface area contributed by atoms with Gasteiger partial charge in [0.05, 0.1) is 40.9 Å². The molecule has 0 saturated carbocycles. The summed E-state index contributed by atoms with van der Waals surface area (Å²) in [7, 11) is 5.45. The standard InChI is InChI=1S/C27H34B3F3N5O3PS/c1-37-9-7-21(19(31)14-37)36-20-5-2-6-23-18(20)11-17(38(23)15-26(32,33)42)4-3-8-34-22-10-16-13-35-43(39,40)25(16)12-24(22)41-27(28,29)30/h2,5-6,10-12,19,21,34-36H,7-9,13-15,28-30,42H2,1H3/t19-,21+/m0/s1. The van der Waals surface area contributed by atoms with E-state index in [2.05, 4.69) is 27.2 Å². The van der Waals surface area contributed by atoms with E-state index in [1.807, 2.05) is 41.6 Å². The number of hydrogen-bond donors (Lipinski definition) is 3. The fourth-order valence-corrected chi connectivity index (χ4v) is 6.81. The molecule has 1 unspecified atom stereocenters. The van der Waals surface area contributed by atoms with Gasteiger partial charge in [0.25, 0.3) is 5.66 Å². The summed E-state index contributed by atoms with van der Waals surface area (Å²) >= 11 is 0. The molecule has 0 bridgehead atoms. The molecule has 3 heterocycles. The first-order valence-electron chi connectivity index (χ1n) is 14.1. The quantitative estimate of drug-likeness (QED) is 0.194. The molecule has 3 aromatic rings. The van der Waals surface area contributed by atoms with Crippen molar-refractivity contribution in [2.75, 3.05) is 37.3 Å². The molecule has 16 heteroatoms. The van der Waals surface area contributed by atoms with Crippen LogP contribution < -0.4 is 20.1 Å². The number of nitrogens with one attached hydrogen (secondary N) is 3. The average Bonchev–Trinajstić information content (AvgIpc) is 3.38. The number of benzene rings is 2. The van der Waals surface area contributed by atoms with Gasteiger partial charge in [0.2, 0.25) is 10.0 Å². The van der Waals surface area contributed by atoms with Crippen LogP contribution in [-0.2, 0) is 23.1 Å². The van der Waals surface area contributed by atoms with Gasteiger partial charge in [0.15, 0.2) is 0 Å². The van der Waals surface area contributed by atoms with E-state index in [9.17, 15) is 21.6 Å². The molecular weight excluding hydrogens is 595 g/mol. The topological polar surface area (TPSA) is 87.6 Å². The summed E-state index contributed by atoms with van der Waals surface area (Å²) in [5, 5.41) is 6.61. The van der Waals surface area contributed by atoms with Gasteiger partial charge in [-0.1, -0.05) is 21.2 Å². The molecule has 1 aromatic heterocycles. The molecule has 2 aliphatic rings. The molecule has 1 fully saturated rings. The highest BCUT2D eigenvalue weighted by molar-refractivity contribution is 7.89. The molecule has 2 aromatic carbocycles. The number of anilines is 2. The van der Waals surface area contributed by atoms with Crippen LogP contribution in [0.25, 0.3) is 10.9 Å². The first-order valence-corrected chi connectivity index (χ1v) is 16.1. The summed E-state index contributed by atoms with van der Waals surface area (Å²) in [6.07, 6.45) is -0.428. The molecule has 3 N–H and O–H groups in total. The lowest BCUT2D eigenvalue weighted by Crippen LogP contribution is -2.46. The fourth-order valence-electron chi connectivity index (χ4n) is 5.39. The van der Waals surface area contributed by atoms with Crippen LogP contribution in [0.15, 0.2) is 41.3 Å². The molecule has 0 aliphatic carbocycles. The number of piperidine rings is 1. The van der Waals surface area contributed by atoms with E-state index in [1.165, 1.54) is 10.6 Å². The number of hydrogen-bond acceptors (Lipinski definition) is 6. The molecule has 0 spiro atoms. The number of alkyl halides is 3. The summed E-state index contributed by atoms with van der Waals surface area (Å²) in [6, 6.07) is 9.95. The predicted molar refractivity (Wildman–Crippen MR) is 176 cm³/mol. The third kappa shape index (κ3) is 7.48. The maximum Gasteiger partial charge on any atom is 0.276 e. The van der Waals surface area contributed by atoms with E-state index in [1.54, 1.807) is 33.5 Å². The van der Waals surface area contributed by atoms with Crippen LogP contribution in [0.3, 0.4) is 0 Å². The van der Waals surface area contributed by atoms with Crippen molar-refractivity contribution >= 4 is 65.1 Å². The van der Waals surface area contributed by atoms with E-state index in [4.69, 9.17) is 4.74 Å². The third-order valence-corrected chi connectivity index (χ3v) is 8.97. The Morgan fingerprint density at radius 1 is 1.21 bits per heavy atom. The van der Waals surface area contributed by atoms with E-state index >= 15 is 0 Å². The first kappa shape index (κ1) is 31.6. The Labute approximate surface area is 255 Å².